The number of amides is 2. The third-order valence-electron chi connectivity index (χ3n) is 4.84. The van der Waals surface area contributed by atoms with E-state index in [4.69, 9.17) is 5.26 Å². The third-order valence-corrected chi connectivity index (χ3v) is 5.85. The van der Waals surface area contributed by atoms with Gasteiger partial charge in [-0.25, -0.2) is 4.68 Å². The molecule has 0 bridgehead atoms. The van der Waals surface area contributed by atoms with E-state index in [0.29, 0.717) is 28.6 Å². The molecule has 32 heavy (non-hydrogen) atoms. The highest BCUT2D eigenvalue weighted by atomic mass is 32.2. The Kier molecular flexibility index (Phi) is 5.87. The number of benzene rings is 2. The zero-order chi connectivity index (χ0) is 22.7. The van der Waals surface area contributed by atoms with E-state index in [1.54, 1.807) is 36.5 Å². The molecular weight excluding hydrogens is 432 g/mol. The van der Waals surface area contributed by atoms with Crippen molar-refractivity contribution in [3.05, 3.63) is 82.2 Å². The van der Waals surface area contributed by atoms with E-state index in [9.17, 15) is 19.7 Å². The van der Waals surface area contributed by atoms with Crippen LogP contribution in [0.2, 0.25) is 0 Å². The molecule has 3 aromatic rings. The first-order valence-electron chi connectivity index (χ1n) is 9.46. The molecule has 1 aliphatic heterocycles. The summed E-state index contributed by atoms with van der Waals surface area (Å²) in [6.45, 7) is 0. The summed E-state index contributed by atoms with van der Waals surface area (Å²) in [5, 5.41) is 26.9. The fraction of sp³-hybridized carbons (Fsp3) is 0.143. The lowest BCUT2D eigenvalue weighted by atomic mass is 10.2. The average molecular weight is 448 g/mol. The van der Waals surface area contributed by atoms with Crippen LogP contribution in [0.5, 0.6) is 0 Å². The Morgan fingerprint density at radius 3 is 2.72 bits per heavy atom. The van der Waals surface area contributed by atoms with Crippen molar-refractivity contribution in [3.63, 3.8) is 0 Å². The lowest BCUT2D eigenvalue weighted by molar-refractivity contribution is -0.384. The van der Waals surface area contributed by atoms with Gasteiger partial charge in [0.1, 0.15) is 6.04 Å². The third kappa shape index (κ3) is 4.30. The zero-order valence-electron chi connectivity index (χ0n) is 16.5. The van der Waals surface area contributed by atoms with Gasteiger partial charge < -0.3 is 10.2 Å². The lowest BCUT2D eigenvalue weighted by Crippen LogP contribution is -2.44. The second-order valence-electron chi connectivity index (χ2n) is 6.89. The maximum atomic E-state index is 13.0. The summed E-state index contributed by atoms with van der Waals surface area (Å²) in [6, 6.07) is 15.2. The molecule has 2 heterocycles. The van der Waals surface area contributed by atoms with Gasteiger partial charge in [0.15, 0.2) is 5.69 Å². The number of anilines is 1. The van der Waals surface area contributed by atoms with E-state index in [1.165, 1.54) is 45.6 Å². The van der Waals surface area contributed by atoms with Crippen LogP contribution < -0.4 is 5.32 Å². The standard InChI is InChI=1S/C21H16N6O4S/c22-11-14-4-6-15(7-5-14)23-20(28)19-12-32-13-25(19)21(29)18-8-9-26(24-18)16-2-1-3-17(10-16)27(30)31/h1-10,19H,12-13H2,(H,23,28). The van der Waals surface area contributed by atoms with Crippen molar-refractivity contribution in [1.82, 2.24) is 14.7 Å². The molecular formula is C21H16N6O4S. The van der Waals surface area contributed by atoms with Gasteiger partial charge in [0, 0.05) is 29.8 Å². The molecule has 10 nitrogen and oxygen atoms in total. The van der Waals surface area contributed by atoms with E-state index in [2.05, 4.69) is 10.4 Å². The minimum Gasteiger partial charge on any atom is -0.324 e. The van der Waals surface area contributed by atoms with Gasteiger partial charge in [-0.2, -0.15) is 10.4 Å². The Balaban J connectivity index is 1.49. The molecule has 4 rings (SSSR count). The Labute approximate surface area is 186 Å². The summed E-state index contributed by atoms with van der Waals surface area (Å²) in [7, 11) is 0. The van der Waals surface area contributed by atoms with Crippen molar-refractivity contribution in [3.8, 4) is 11.8 Å². The van der Waals surface area contributed by atoms with Gasteiger partial charge in [0.05, 0.1) is 28.1 Å². The van der Waals surface area contributed by atoms with E-state index in [0.717, 1.165) is 0 Å². The summed E-state index contributed by atoms with van der Waals surface area (Å²) >= 11 is 1.46. The highest BCUT2D eigenvalue weighted by Crippen LogP contribution is 2.25. The predicted octanol–water partition coefficient (Wildman–Crippen LogP) is 2.81. The Morgan fingerprint density at radius 2 is 2.00 bits per heavy atom. The van der Waals surface area contributed by atoms with Crippen LogP contribution in [0.15, 0.2) is 60.8 Å². The smallest absolute Gasteiger partial charge is 0.275 e. The van der Waals surface area contributed by atoms with Crippen LogP contribution in [0.4, 0.5) is 11.4 Å². The number of nitriles is 1. The Morgan fingerprint density at radius 1 is 1.22 bits per heavy atom. The van der Waals surface area contributed by atoms with E-state index >= 15 is 0 Å². The largest absolute Gasteiger partial charge is 0.324 e. The first-order valence-corrected chi connectivity index (χ1v) is 10.6. The van der Waals surface area contributed by atoms with Crippen molar-refractivity contribution >= 4 is 35.0 Å². The SMILES string of the molecule is N#Cc1ccc(NC(=O)C2CSCN2C(=O)c2ccn(-c3cccc([N+](=O)[O-])c3)n2)cc1. The Bertz CT molecular complexity index is 1230. The molecule has 1 N–H and O–H groups in total. The van der Waals surface area contributed by atoms with Crippen LogP contribution in [0, 0.1) is 21.4 Å². The Hall–Kier alpha value is -4.17. The molecule has 160 valence electrons. The quantitative estimate of drug-likeness (QED) is 0.468. The molecule has 0 saturated carbocycles. The van der Waals surface area contributed by atoms with Crippen LogP contribution in [0.1, 0.15) is 16.1 Å². The van der Waals surface area contributed by atoms with Crippen LogP contribution in [0.25, 0.3) is 5.69 Å². The van der Waals surface area contributed by atoms with Crippen molar-refractivity contribution in [2.24, 2.45) is 0 Å². The summed E-state index contributed by atoms with van der Waals surface area (Å²) in [6.07, 6.45) is 1.54. The molecule has 1 fully saturated rings. The van der Waals surface area contributed by atoms with Crippen LogP contribution in [0.3, 0.4) is 0 Å². The number of aromatic nitrogens is 2. The minimum absolute atomic E-state index is 0.0821. The maximum absolute atomic E-state index is 13.0. The summed E-state index contributed by atoms with van der Waals surface area (Å²) in [4.78, 5) is 37.7. The molecule has 2 aromatic carbocycles. The number of non-ortho nitro benzene ring substituents is 1. The second kappa shape index (κ2) is 8.91. The molecule has 0 spiro atoms. The van der Waals surface area contributed by atoms with Crippen LogP contribution in [-0.4, -0.2) is 49.1 Å². The predicted molar refractivity (Wildman–Crippen MR) is 117 cm³/mol. The molecule has 1 saturated heterocycles. The number of carbonyl (C=O) groups is 2. The topological polar surface area (TPSA) is 134 Å². The monoisotopic (exact) mass is 448 g/mol. The summed E-state index contributed by atoms with van der Waals surface area (Å²) in [5.41, 5.74) is 1.52. The molecule has 0 radical (unpaired) electrons. The average Bonchev–Trinajstić information content (AvgIpc) is 3.49. The van der Waals surface area contributed by atoms with Gasteiger partial charge in [0.2, 0.25) is 5.91 Å². The van der Waals surface area contributed by atoms with Crippen LogP contribution in [-0.2, 0) is 4.79 Å². The maximum Gasteiger partial charge on any atom is 0.275 e. The van der Waals surface area contributed by atoms with Gasteiger partial charge in [-0.15, -0.1) is 11.8 Å². The van der Waals surface area contributed by atoms with Crippen molar-refractivity contribution in [2.75, 3.05) is 16.9 Å². The normalized spacial score (nSPS) is 15.2. The highest BCUT2D eigenvalue weighted by Gasteiger charge is 2.36. The number of nitrogens with zero attached hydrogens (tertiary/aromatic N) is 5. The van der Waals surface area contributed by atoms with E-state index in [1.807, 2.05) is 6.07 Å². The number of hydrogen-bond acceptors (Lipinski definition) is 7. The van der Waals surface area contributed by atoms with Gasteiger partial charge in [-0.05, 0) is 36.4 Å². The van der Waals surface area contributed by atoms with Crippen molar-refractivity contribution in [2.45, 2.75) is 6.04 Å². The highest BCUT2D eigenvalue weighted by molar-refractivity contribution is 7.99. The molecule has 1 aliphatic rings. The zero-order valence-corrected chi connectivity index (χ0v) is 17.4. The van der Waals surface area contributed by atoms with E-state index < -0.39 is 16.9 Å². The molecule has 1 aromatic heterocycles. The van der Waals surface area contributed by atoms with Gasteiger partial charge in [0.25, 0.3) is 11.6 Å². The first-order chi connectivity index (χ1) is 15.5. The van der Waals surface area contributed by atoms with Crippen LogP contribution >= 0.6 is 11.8 Å². The van der Waals surface area contributed by atoms with Crippen molar-refractivity contribution < 1.29 is 14.5 Å². The van der Waals surface area contributed by atoms with Gasteiger partial charge >= 0.3 is 0 Å². The van der Waals surface area contributed by atoms with Crippen molar-refractivity contribution in [1.29, 1.82) is 5.26 Å². The number of carbonyl (C=O) groups excluding carboxylic acids is 2. The number of nitro benzene ring substituents is 1. The first kappa shape index (κ1) is 21.1. The molecule has 2 amide bonds. The molecule has 0 aliphatic carbocycles. The molecule has 1 unspecified atom stereocenters. The van der Waals surface area contributed by atoms with Gasteiger partial charge in [-0.1, -0.05) is 6.07 Å². The number of nitrogens with one attached hydrogen (secondary N) is 1. The number of nitro groups is 1. The molecule has 11 heteroatoms. The second-order valence-corrected chi connectivity index (χ2v) is 7.89. The number of thioether (sulfide) groups is 1. The number of rotatable bonds is 5. The fourth-order valence-corrected chi connectivity index (χ4v) is 4.35. The fourth-order valence-electron chi connectivity index (χ4n) is 3.19. The lowest BCUT2D eigenvalue weighted by Gasteiger charge is -2.22. The minimum atomic E-state index is -0.675. The summed E-state index contributed by atoms with van der Waals surface area (Å²) < 4.78 is 1.38. The summed E-state index contributed by atoms with van der Waals surface area (Å²) in [5.74, 6) is 0.0539. The van der Waals surface area contributed by atoms with E-state index in [-0.39, 0.29) is 17.3 Å². The van der Waals surface area contributed by atoms with Gasteiger partial charge in [-0.3, -0.25) is 19.7 Å². The number of hydrogen-bond donors (Lipinski definition) is 1. The molecule has 1 atom stereocenters.